The molecule has 1 N–H and O–H groups in total. The molecule has 1 atom stereocenters. The lowest BCUT2D eigenvalue weighted by molar-refractivity contribution is -0.384. The van der Waals surface area contributed by atoms with Crippen molar-refractivity contribution in [1.29, 1.82) is 0 Å². The van der Waals surface area contributed by atoms with Gasteiger partial charge in [0.25, 0.3) is 17.4 Å². The molecular formula is C26H21N5O5. The summed E-state index contributed by atoms with van der Waals surface area (Å²) in [5, 5.41) is 22.9. The van der Waals surface area contributed by atoms with Gasteiger partial charge in [0.15, 0.2) is 5.76 Å². The number of carbonyl (C=O) groups is 2. The van der Waals surface area contributed by atoms with Crippen LogP contribution < -0.4 is 0 Å². The third-order valence-corrected chi connectivity index (χ3v) is 6.32. The molecule has 0 radical (unpaired) electrons. The molecule has 4 aromatic rings. The van der Waals surface area contributed by atoms with Gasteiger partial charge in [0.1, 0.15) is 11.3 Å². The van der Waals surface area contributed by atoms with Crippen molar-refractivity contribution in [3.05, 3.63) is 111 Å². The number of rotatable bonds is 5. The Morgan fingerprint density at radius 3 is 2.64 bits per heavy atom. The lowest BCUT2D eigenvalue weighted by Gasteiger charge is -2.25. The van der Waals surface area contributed by atoms with Crippen LogP contribution in [-0.4, -0.2) is 41.0 Å². The van der Waals surface area contributed by atoms with E-state index in [4.69, 9.17) is 0 Å². The number of benzene rings is 1. The maximum Gasteiger partial charge on any atom is 0.295 e. The van der Waals surface area contributed by atoms with Crippen molar-refractivity contribution in [1.82, 2.24) is 19.3 Å². The van der Waals surface area contributed by atoms with E-state index in [1.807, 2.05) is 19.1 Å². The van der Waals surface area contributed by atoms with Crippen LogP contribution in [0.4, 0.5) is 5.69 Å². The summed E-state index contributed by atoms with van der Waals surface area (Å²) in [5.74, 6) is -2.14. The number of nitro groups is 1. The summed E-state index contributed by atoms with van der Waals surface area (Å²) in [4.78, 5) is 47.4. The molecule has 0 aliphatic carbocycles. The number of nitrogens with zero attached hydrogens (tertiary/aromatic N) is 5. The molecule has 180 valence electrons. The number of aliphatic hydroxyl groups excluding tert-OH is 1. The number of fused-ring (bicyclic) bond motifs is 1. The summed E-state index contributed by atoms with van der Waals surface area (Å²) in [6.07, 6.45) is 4.95. The molecule has 1 saturated heterocycles. The van der Waals surface area contributed by atoms with Gasteiger partial charge < -0.3 is 14.4 Å². The Balaban J connectivity index is 1.73. The monoisotopic (exact) mass is 483 g/mol. The Morgan fingerprint density at radius 1 is 1.14 bits per heavy atom. The highest BCUT2D eigenvalue weighted by molar-refractivity contribution is 6.46. The number of aromatic nitrogens is 3. The van der Waals surface area contributed by atoms with Crippen LogP contribution in [0.5, 0.6) is 0 Å². The van der Waals surface area contributed by atoms with Crippen molar-refractivity contribution >= 4 is 28.8 Å². The second kappa shape index (κ2) is 8.73. The van der Waals surface area contributed by atoms with E-state index in [-0.39, 0.29) is 23.5 Å². The maximum atomic E-state index is 13.3. The average Bonchev–Trinajstić information content (AvgIpc) is 3.35. The number of aryl methyl sites for hydroxylation is 2. The summed E-state index contributed by atoms with van der Waals surface area (Å²) in [6, 6.07) is 11.8. The van der Waals surface area contributed by atoms with Gasteiger partial charge in [0.2, 0.25) is 0 Å². The number of aliphatic hydroxyl groups is 1. The Bertz CT molecular complexity index is 1570. The molecule has 1 aliphatic heterocycles. The Kier molecular flexibility index (Phi) is 5.56. The van der Waals surface area contributed by atoms with E-state index in [0.717, 1.165) is 5.56 Å². The first-order chi connectivity index (χ1) is 17.3. The van der Waals surface area contributed by atoms with Gasteiger partial charge in [-0.25, -0.2) is 4.98 Å². The molecule has 10 nitrogen and oxygen atoms in total. The first-order valence-electron chi connectivity index (χ1n) is 11.1. The average molecular weight is 483 g/mol. The maximum absolute atomic E-state index is 13.3. The van der Waals surface area contributed by atoms with Crippen LogP contribution in [0.25, 0.3) is 11.4 Å². The van der Waals surface area contributed by atoms with Gasteiger partial charge in [-0.05, 0) is 42.7 Å². The molecule has 1 aliphatic rings. The summed E-state index contributed by atoms with van der Waals surface area (Å²) >= 11 is 0. The zero-order valence-electron chi connectivity index (χ0n) is 19.5. The number of hydrogen-bond acceptors (Lipinski definition) is 7. The summed E-state index contributed by atoms with van der Waals surface area (Å²) in [6.45, 7) is 3.65. The number of amides is 1. The molecule has 36 heavy (non-hydrogen) atoms. The molecule has 4 heterocycles. The van der Waals surface area contributed by atoms with Gasteiger partial charge >= 0.3 is 0 Å². The van der Waals surface area contributed by atoms with Crippen LogP contribution in [0.2, 0.25) is 0 Å². The fourth-order valence-electron chi connectivity index (χ4n) is 4.56. The lowest BCUT2D eigenvalue weighted by atomic mass is 9.96. The van der Waals surface area contributed by atoms with Crippen molar-refractivity contribution in [2.45, 2.75) is 26.4 Å². The van der Waals surface area contributed by atoms with E-state index in [0.29, 0.717) is 22.5 Å². The lowest BCUT2D eigenvalue weighted by Crippen LogP contribution is -2.29. The number of ketones is 1. The van der Waals surface area contributed by atoms with Gasteiger partial charge in [0.05, 0.1) is 22.2 Å². The zero-order chi connectivity index (χ0) is 25.6. The molecule has 1 aromatic carbocycles. The highest BCUT2D eigenvalue weighted by atomic mass is 16.6. The van der Waals surface area contributed by atoms with Crippen molar-refractivity contribution in [3.8, 4) is 0 Å². The standard InChI is InChI=1S/C26H21N5O5/c1-15-6-5-11-29-16(2)21(28-25(15)29)23(32)20-22(18-8-3-9-19(12-18)31(35)36)30(26(34)24(20)33)14-17-7-4-10-27-13-17/h3-13,22,32H,14H2,1-2H3. The Labute approximate surface area is 205 Å². The quantitative estimate of drug-likeness (QED) is 0.150. The second-order valence-corrected chi connectivity index (χ2v) is 8.57. The van der Waals surface area contributed by atoms with Gasteiger partial charge in [-0.1, -0.05) is 24.3 Å². The van der Waals surface area contributed by atoms with Crippen molar-refractivity contribution in [2.75, 3.05) is 0 Å². The molecule has 10 heteroatoms. The van der Waals surface area contributed by atoms with Crippen LogP contribution in [0.15, 0.2) is 72.7 Å². The van der Waals surface area contributed by atoms with E-state index in [2.05, 4.69) is 9.97 Å². The molecular weight excluding hydrogens is 462 g/mol. The smallest absolute Gasteiger partial charge is 0.295 e. The van der Waals surface area contributed by atoms with E-state index >= 15 is 0 Å². The minimum Gasteiger partial charge on any atom is -0.505 e. The Hall–Kier alpha value is -4.86. The normalized spacial score (nSPS) is 17.2. The third kappa shape index (κ3) is 3.68. The SMILES string of the molecule is Cc1cccn2c(C)c(C(O)=C3C(=O)C(=O)N(Cc4cccnc4)C3c3cccc([N+](=O)[O-])c3)nc12. The van der Waals surface area contributed by atoms with E-state index < -0.39 is 28.4 Å². The predicted octanol–water partition coefficient (Wildman–Crippen LogP) is 3.88. The molecule has 3 aromatic heterocycles. The first-order valence-corrected chi connectivity index (χ1v) is 11.1. The number of Topliss-reactive ketones (excluding diaryl/α,β-unsaturated/α-hetero) is 1. The minimum atomic E-state index is -1.06. The second-order valence-electron chi connectivity index (χ2n) is 8.57. The van der Waals surface area contributed by atoms with Crippen LogP contribution >= 0.6 is 0 Å². The van der Waals surface area contributed by atoms with E-state index in [9.17, 15) is 24.8 Å². The highest BCUT2D eigenvalue weighted by Crippen LogP contribution is 2.41. The van der Waals surface area contributed by atoms with Crippen molar-refractivity contribution < 1.29 is 19.6 Å². The van der Waals surface area contributed by atoms with Gasteiger partial charge in [-0.3, -0.25) is 24.7 Å². The topological polar surface area (TPSA) is 131 Å². The number of imidazole rings is 1. The van der Waals surface area contributed by atoms with Crippen LogP contribution in [0.1, 0.15) is 34.1 Å². The summed E-state index contributed by atoms with van der Waals surface area (Å²) in [5.41, 5.74) is 2.84. The van der Waals surface area contributed by atoms with Crippen molar-refractivity contribution in [3.63, 3.8) is 0 Å². The number of carbonyl (C=O) groups excluding carboxylic acids is 2. The predicted molar refractivity (Wildman–Crippen MR) is 130 cm³/mol. The van der Waals surface area contributed by atoms with Gasteiger partial charge in [-0.2, -0.15) is 0 Å². The molecule has 5 rings (SSSR count). The molecule has 1 unspecified atom stereocenters. The Morgan fingerprint density at radius 2 is 1.94 bits per heavy atom. The van der Waals surface area contributed by atoms with E-state index in [1.54, 1.807) is 48.1 Å². The number of nitro benzene ring substituents is 1. The third-order valence-electron chi connectivity index (χ3n) is 6.32. The fourth-order valence-corrected chi connectivity index (χ4v) is 4.56. The molecule has 0 spiro atoms. The minimum absolute atomic E-state index is 0.0197. The molecule has 1 amide bonds. The van der Waals surface area contributed by atoms with Crippen molar-refractivity contribution in [2.24, 2.45) is 0 Å². The number of pyridine rings is 2. The number of hydrogen-bond donors (Lipinski definition) is 1. The fraction of sp³-hybridized carbons (Fsp3) is 0.154. The van der Waals surface area contributed by atoms with Crippen LogP contribution in [0.3, 0.4) is 0 Å². The van der Waals surface area contributed by atoms with Gasteiger partial charge in [0, 0.05) is 37.3 Å². The molecule has 1 fully saturated rings. The van der Waals surface area contributed by atoms with Gasteiger partial charge in [-0.15, -0.1) is 0 Å². The number of likely N-dealkylation sites (tertiary alicyclic amines) is 1. The number of non-ortho nitro benzene ring substituents is 1. The molecule has 0 bridgehead atoms. The highest BCUT2D eigenvalue weighted by Gasteiger charge is 2.47. The van der Waals surface area contributed by atoms with Crippen LogP contribution in [-0.2, 0) is 16.1 Å². The molecule has 0 saturated carbocycles. The summed E-state index contributed by atoms with van der Waals surface area (Å²) < 4.78 is 1.79. The van der Waals surface area contributed by atoms with E-state index in [1.165, 1.54) is 23.1 Å². The largest absolute Gasteiger partial charge is 0.505 e. The summed E-state index contributed by atoms with van der Waals surface area (Å²) in [7, 11) is 0. The first kappa shape index (κ1) is 22.9. The van der Waals surface area contributed by atoms with Crippen LogP contribution in [0, 0.1) is 24.0 Å². The zero-order valence-corrected chi connectivity index (χ0v) is 19.5.